The molecule has 0 aliphatic rings. The Morgan fingerprint density at radius 1 is 1.59 bits per heavy atom. The Balaban J connectivity index is 2.44. The molecule has 5 nitrogen and oxygen atoms in total. The summed E-state index contributed by atoms with van der Waals surface area (Å²) in [6, 6.07) is 3.36. The van der Waals surface area contributed by atoms with Crippen molar-refractivity contribution >= 4 is 11.7 Å². The van der Waals surface area contributed by atoms with Gasteiger partial charge in [-0.05, 0) is 37.4 Å². The van der Waals surface area contributed by atoms with Gasteiger partial charge >= 0.3 is 0 Å². The van der Waals surface area contributed by atoms with E-state index in [1.165, 1.54) is 0 Å². The maximum Gasteiger partial charge on any atom is 0.252 e. The van der Waals surface area contributed by atoms with Crippen LogP contribution in [-0.2, 0) is 0 Å². The maximum atomic E-state index is 11.1. The molecule has 0 aliphatic carbocycles. The monoisotopic (exact) mass is 236 g/mol. The highest BCUT2D eigenvalue weighted by atomic mass is 16.1. The number of pyridine rings is 1. The Morgan fingerprint density at radius 2 is 2.35 bits per heavy atom. The molecule has 0 radical (unpaired) electrons. The van der Waals surface area contributed by atoms with Crippen LogP contribution in [0.1, 0.15) is 30.1 Å². The average Bonchev–Trinajstić information content (AvgIpc) is 2.34. The largest absolute Gasteiger partial charge is 0.369 e. The summed E-state index contributed by atoms with van der Waals surface area (Å²) < 4.78 is 0. The summed E-state index contributed by atoms with van der Waals surface area (Å²) in [5.74, 6) is 0.618. The number of nitrogens with two attached hydrogens (primary N) is 2. The van der Waals surface area contributed by atoms with E-state index in [1.54, 1.807) is 18.3 Å². The fourth-order valence-electron chi connectivity index (χ4n) is 1.52. The van der Waals surface area contributed by atoms with Crippen LogP contribution < -0.4 is 16.8 Å². The van der Waals surface area contributed by atoms with Gasteiger partial charge in [-0.2, -0.15) is 0 Å². The third-order valence-corrected chi connectivity index (χ3v) is 2.64. The van der Waals surface area contributed by atoms with Gasteiger partial charge in [0.1, 0.15) is 5.82 Å². The van der Waals surface area contributed by atoms with Crippen molar-refractivity contribution in [3.05, 3.63) is 23.9 Å². The van der Waals surface area contributed by atoms with Gasteiger partial charge in [-0.1, -0.05) is 6.92 Å². The summed E-state index contributed by atoms with van der Waals surface area (Å²) in [6.45, 7) is 3.59. The standard InChI is InChI=1S/C12H20N4O/c1-9(8-13)4-2-6-15-12-10(11(14)17)5-3-7-16-12/h3,5,7,9H,2,4,6,8,13H2,1H3,(H2,14,17)(H,15,16). The zero-order valence-electron chi connectivity index (χ0n) is 10.1. The molecule has 1 atom stereocenters. The van der Waals surface area contributed by atoms with Gasteiger partial charge in [0, 0.05) is 12.7 Å². The van der Waals surface area contributed by atoms with Crippen molar-refractivity contribution in [1.82, 2.24) is 4.98 Å². The summed E-state index contributed by atoms with van der Waals surface area (Å²) in [5, 5.41) is 3.12. The number of nitrogens with zero attached hydrogens (tertiary/aromatic N) is 1. The molecular weight excluding hydrogens is 216 g/mol. The van der Waals surface area contributed by atoms with Gasteiger partial charge in [-0.15, -0.1) is 0 Å². The van der Waals surface area contributed by atoms with Crippen LogP contribution in [0.25, 0.3) is 0 Å². The van der Waals surface area contributed by atoms with Crippen molar-refractivity contribution in [2.45, 2.75) is 19.8 Å². The fourth-order valence-corrected chi connectivity index (χ4v) is 1.52. The van der Waals surface area contributed by atoms with Gasteiger partial charge in [0.25, 0.3) is 5.91 Å². The Labute approximate surface area is 102 Å². The number of carbonyl (C=O) groups is 1. The van der Waals surface area contributed by atoms with E-state index in [1.807, 2.05) is 0 Å². The summed E-state index contributed by atoms with van der Waals surface area (Å²) >= 11 is 0. The van der Waals surface area contributed by atoms with Gasteiger partial charge in [0.05, 0.1) is 5.56 Å². The van der Waals surface area contributed by atoms with Gasteiger partial charge in [-0.3, -0.25) is 4.79 Å². The number of amides is 1. The van der Waals surface area contributed by atoms with E-state index < -0.39 is 5.91 Å². The molecule has 1 unspecified atom stereocenters. The molecule has 1 aromatic rings. The number of nitrogens with one attached hydrogen (secondary N) is 1. The highest BCUT2D eigenvalue weighted by Gasteiger charge is 2.07. The first kappa shape index (κ1) is 13.4. The molecule has 5 heteroatoms. The summed E-state index contributed by atoms with van der Waals surface area (Å²) in [6.07, 6.45) is 3.69. The first-order valence-corrected chi connectivity index (χ1v) is 5.84. The second-order valence-electron chi connectivity index (χ2n) is 4.17. The number of hydrogen-bond donors (Lipinski definition) is 3. The minimum absolute atomic E-state index is 0.430. The molecule has 5 N–H and O–H groups in total. The van der Waals surface area contributed by atoms with Crippen molar-refractivity contribution < 1.29 is 4.79 Å². The Bertz CT molecular complexity index is 367. The molecule has 1 amide bonds. The van der Waals surface area contributed by atoms with Crippen LogP contribution in [0.3, 0.4) is 0 Å². The second kappa shape index (κ2) is 6.85. The molecule has 0 saturated heterocycles. The molecular formula is C12H20N4O. The molecule has 0 bridgehead atoms. The molecule has 1 rings (SSSR count). The second-order valence-corrected chi connectivity index (χ2v) is 4.17. The lowest BCUT2D eigenvalue weighted by Crippen LogP contribution is -2.16. The highest BCUT2D eigenvalue weighted by molar-refractivity contribution is 5.97. The summed E-state index contributed by atoms with van der Waals surface area (Å²) in [7, 11) is 0. The van der Waals surface area contributed by atoms with Crippen molar-refractivity contribution in [3.63, 3.8) is 0 Å². The molecule has 0 saturated carbocycles. The SMILES string of the molecule is CC(CN)CCCNc1ncccc1C(N)=O. The first-order chi connectivity index (χ1) is 8.15. The number of hydrogen-bond acceptors (Lipinski definition) is 4. The lowest BCUT2D eigenvalue weighted by atomic mass is 10.1. The van der Waals surface area contributed by atoms with Crippen LogP contribution >= 0.6 is 0 Å². The zero-order chi connectivity index (χ0) is 12.7. The minimum atomic E-state index is -0.462. The third-order valence-electron chi connectivity index (χ3n) is 2.64. The molecule has 0 aliphatic heterocycles. The quantitative estimate of drug-likeness (QED) is 0.615. The topological polar surface area (TPSA) is 94.0 Å². The Kier molecular flexibility index (Phi) is 5.42. The maximum absolute atomic E-state index is 11.1. The van der Waals surface area contributed by atoms with Crippen molar-refractivity contribution in [2.24, 2.45) is 17.4 Å². The molecule has 1 heterocycles. The van der Waals surface area contributed by atoms with E-state index in [2.05, 4.69) is 17.2 Å². The Hall–Kier alpha value is -1.62. The van der Waals surface area contributed by atoms with Crippen LogP contribution in [-0.4, -0.2) is 24.0 Å². The predicted molar refractivity (Wildman–Crippen MR) is 68.7 cm³/mol. The predicted octanol–water partition coefficient (Wildman–Crippen LogP) is 0.967. The molecule has 1 aromatic heterocycles. The van der Waals surface area contributed by atoms with E-state index >= 15 is 0 Å². The van der Waals surface area contributed by atoms with Gasteiger partial charge in [0.2, 0.25) is 0 Å². The number of aromatic nitrogens is 1. The molecule has 0 spiro atoms. The van der Waals surface area contributed by atoms with Crippen LogP contribution in [0.4, 0.5) is 5.82 Å². The number of rotatable bonds is 7. The van der Waals surface area contributed by atoms with E-state index in [9.17, 15) is 4.79 Å². The average molecular weight is 236 g/mol. The van der Waals surface area contributed by atoms with Crippen LogP contribution in [0.5, 0.6) is 0 Å². The smallest absolute Gasteiger partial charge is 0.252 e. The van der Waals surface area contributed by atoms with E-state index in [4.69, 9.17) is 11.5 Å². The van der Waals surface area contributed by atoms with Crippen molar-refractivity contribution in [2.75, 3.05) is 18.4 Å². The minimum Gasteiger partial charge on any atom is -0.369 e. The van der Waals surface area contributed by atoms with Gasteiger partial charge in [0.15, 0.2) is 0 Å². The lowest BCUT2D eigenvalue weighted by Gasteiger charge is -2.10. The van der Waals surface area contributed by atoms with Crippen LogP contribution in [0.15, 0.2) is 18.3 Å². The highest BCUT2D eigenvalue weighted by Crippen LogP contribution is 2.11. The number of carbonyl (C=O) groups excluding carboxylic acids is 1. The normalized spacial score (nSPS) is 12.1. The molecule has 17 heavy (non-hydrogen) atoms. The van der Waals surface area contributed by atoms with Crippen LogP contribution in [0.2, 0.25) is 0 Å². The van der Waals surface area contributed by atoms with Crippen molar-refractivity contribution in [3.8, 4) is 0 Å². The molecule has 0 aromatic carbocycles. The zero-order valence-corrected chi connectivity index (χ0v) is 10.1. The summed E-state index contributed by atoms with van der Waals surface area (Å²) in [5.41, 5.74) is 11.2. The van der Waals surface area contributed by atoms with Gasteiger partial charge in [-0.25, -0.2) is 4.98 Å². The van der Waals surface area contributed by atoms with Crippen LogP contribution in [0, 0.1) is 5.92 Å². The fraction of sp³-hybridized carbons (Fsp3) is 0.500. The van der Waals surface area contributed by atoms with E-state index in [0.717, 1.165) is 19.4 Å². The van der Waals surface area contributed by atoms with Crippen molar-refractivity contribution in [1.29, 1.82) is 0 Å². The Morgan fingerprint density at radius 3 is 3.00 bits per heavy atom. The first-order valence-electron chi connectivity index (χ1n) is 5.84. The number of anilines is 1. The summed E-state index contributed by atoms with van der Waals surface area (Å²) in [4.78, 5) is 15.2. The van der Waals surface area contributed by atoms with Gasteiger partial charge < -0.3 is 16.8 Å². The molecule has 94 valence electrons. The number of primary amides is 1. The lowest BCUT2D eigenvalue weighted by molar-refractivity contribution is 0.100. The van der Waals surface area contributed by atoms with E-state index in [-0.39, 0.29) is 0 Å². The third kappa shape index (κ3) is 4.40. The van der Waals surface area contributed by atoms with E-state index in [0.29, 0.717) is 23.8 Å². The molecule has 0 fully saturated rings.